The van der Waals surface area contributed by atoms with Gasteiger partial charge in [0, 0.05) is 18.3 Å². The number of aromatic nitrogens is 1. The lowest BCUT2D eigenvalue weighted by Gasteiger charge is -2.27. The van der Waals surface area contributed by atoms with E-state index in [4.69, 9.17) is 0 Å². The van der Waals surface area contributed by atoms with Gasteiger partial charge in [0.15, 0.2) is 0 Å². The number of aromatic hydroxyl groups is 1. The van der Waals surface area contributed by atoms with Crippen LogP contribution >= 0.6 is 0 Å². The highest BCUT2D eigenvalue weighted by molar-refractivity contribution is 5.27. The first-order valence-electron chi connectivity index (χ1n) is 6.47. The van der Waals surface area contributed by atoms with Crippen molar-refractivity contribution in [3.05, 3.63) is 23.5 Å². The van der Waals surface area contributed by atoms with Gasteiger partial charge >= 0.3 is 0 Å². The first-order valence-corrected chi connectivity index (χ1v) is 6.47. The second-order valence-electron chi connectivity index (χ2n) is 5.34. The van der Waals surface area contributed by atoms with Gasteiger partial charge < -0.3 is 5.11 Å². The third-order valence-electron chi connectivity index (χ3n) is 3.63. The van der Waals surface area contributed by atoms with Crippen molar-refractivity contribution in [2.24, 2.45) is 5.92 Å². The van der Waals surface area contributed by atoms with Gasteiger partial charge in [-0.05, 0) is 44.4 Å². The van der Waals surface area contributed by atoms with Gasteiger partial charge in [0.25, 0.3) is 0 Å². The minimum Gasteiger partial charge on any atom is -0.506 e. The van der Waals surface area contributed by atoms with Crippen LogP contribution in [0.1, 0.15) is 38.1 Å². The van der Waals surface area contributed by atoms with Crippen LogP contribution in [0.5, 0.6) is 5.75 Å². The maximum atomic E-state index is 9.83. The molecule has 0 saturated carbocycles. The van der Waals surface area contributed by atoms with Crippen LogP contribution in [0.15, 0.2) is 12.1 Å². The topological polar surface area (TPSA) is 36.4 Å². The second kappa shape index (κ2) is 5.05. The van der Waals surface area contributed by atoms with E-state index in [9.17, 15) is 5.11 Å². The lowest BCUT2D eigenvalue weighted by molar-refractivity contribution is 0.194. The highest BCUT2D eigenvalue weighted by atomic mass is 16.3. The van der Waals surface area contributed by atoms with Crippen LogP contribution in [0, 0.1) is 12.8 Å². The van der Waals surface area contributed by atoms with Crippen molar-refractivity contribution in [2.75, 3.05) is 6.54 Å². The number of pyridine rings is 1. The van der Waals surface area contributed by atoms with Crippen molar-refractivity contribution in [1.29, 1.82) is 0 Å². The lowest BCUT2D eigenvalue weighted by Crippen LogP contribution is -2.33. The van der Waals surface area contributed by atoms with Crippen LogP contribution in [-0.4, -0.2) is 27.6 Å². The normalized spacial score (nSPS) is 21.3. The van der Waals surface area contributed by atoms with E-state index in [2.05, 4.69) is 23.7 Å². The fraction of sp³-hybridized carbons (Fsp3) is 0.643. The van der Waals surface area contributed by atoms with Crippen LogP contribution in [0.3, 0.4) is 0 Å². The van der Waals surface area contributed by atoms with E-state index in [1.54, 1.807) is 6.07 Å². The molecule has 0 bridgehead atoms. The molecule has 1 N–H and O–H groups in total. The summed E-state index contributed by atoms with van der Waals surface area (Å²) in [5, 5.41) is 9.83. The molecule has 2 heterocycles. The monoisotopic (exact) mass is 234 g/mol. The van der Waals surface area contributed by atoms with Crippen LogP contribution < -0.4 is 0 Å². The summed E-state index contributed by atoms with van der Waals surface area (Å²) < 4.78 is 0. The van der Waals surface area contributed by atoms with Crippen molar-refractivity contribution >= 4 is 0 Å². The van der Waals surface area contributed by atoms with Crippen molar-refractivity contribution in [3.8, 4) is 5.75 Å². The summed E-state index contributed by atoms with van der Waals surface area (Å²) in [6.07, 6.45) is 2.53. The minimum absolute atomic E-state index is 0.324. The summed E-state index contributed by atoms with van der Waals surface area (Å²) >= 11 is 0. The Kier molecular flexibility index (Phi) is 3.67. The molecular formula is C14H22N2O. The van der Waals surface area contributed by atoms with Gasteiger partial charge in [-0.3, -0.25) is 9.88 Å². The third kappa shape index (κ3) is 2.78. The Morgan fingerprint density at radius 2 is 2.24 bits per heavy atom. The van der Waals surface area contributed by atoms with Gasteiger partial charge in [-0.25, -0.2) is 0 Å². The van der Waals surface area contributed by atoms with Gasteiger partial charge in [-0.1, -0.05) is 13.8 Å². The van der Waals surface area contributed by atoms with E-state index in [0.29, 0.717) is 17.7 Å². The quantitative estimate of drug-likeness (QED) is 0.873. The number of rotatable bonds is 3. The second-order valence-corrected chi connectivity index (χ2v) is 5.34. The van der Waals surface area contributed by atoms with Crippen molar-refractivity contribution in [3.63, 3.8) is 0 Å². The van der Waals surface area contributed by atoms with Gasteiger partial charge in [0.1, 0.15) is 5.75 Å². The third-order valence-corrected chi connectivity index (χ3v) is 3.63. The van der Waals surface area contributed by atoms with Crippen LogP contribution in [0.4, 0.5) is 0 Å². The van der Waals surface area contributed by atoms with Gasteiger partial charge in [-0.15, -0.1) is 0 Å². The largest absolute Gasteiger partial charge is 0.506 e. The van der Waals surface area contributed by atoms with E-state index < -0.39 is 0 Å². The Morgan fingerprint density at radius 1 is 1.47 bits per heavy atom. The average molecular weight is 234 g/mol. The summed E-state index contributed by atoms with van der Waals surface area (Å²) in [4.78, 5) is 6.89. The SMILES string of the molecule is Cc1ccc(O)c(CN2CCCC2C(C)C)n1. The molecule has 1 aromatic heterocycles. The molecule has 3 nitrogen and oxygen atoms in total. The Balaban J connectivity index is 2.12. The Hall–Kier alpha value is -1.09. The standard InChI is InChI=1S/C14H22N2O/c1-10(2)13-5-4-8-16(13)9-12-14(17)7-6-11(3)15-12/h6-7,10,13,17H,4-5,8-9H2,1-3H3. The zero-order valence-corrected chi connectivity index (χ0v) is 11.0. The van der Waals surface area contributed by atoms with Crippen LogP contribution in [-0.2, 0) is 6.54 Å². The number of aryl methyl sites for hydroxylation is 1. The molecule has 1 saturated heterocycles. The first-order chi connectivity index (χ1) is 8.08. The van der Waals surface area contributed by atoms with E-state index in [-0.39, 0.29) is 0 Å². The van der Waals surface area contributed by atoms with E-state index in [1.165, 1.54) is 12.8 Å². The van der Waals surface area contributed by atoms with E-state index in [1.807, 2.05) is 13.0 Å². The predicted octanol–water partition coefficient (Wildman–Crippen LogP) is 2.72. The molecule has 0 aromatic carbocycles. The summed E-state index contributed by atoms with van der Waals surface area (Å²) in [5.74, 6) is 0.995. The molecule has 1 aliphatic rings. The zero-order chi connectivity index (χ0) is 12.4. The van der Waals surface area contributed by atoms with Crippen LogP contribution in [0.2, 0.25) is 0 Å². The number of hydrogen-bond acceptors (Lipinski definition) is 3. The maximum absolute atomic E-state index is 9.83. The van der Waals surface area contributed by atoms with E-state index >= 15 is 0 Å². The molecule has 1 atom stereocenters. The molecule has 1 fully saturated rings. The van der Waals surface area contributed by atoms with Crippen molar-refractivity contribution in [2.45, 2.75) is 46.2 Å². The molecule has 1 unspecified atom stereocenters. The summed E-state index contributed by atoms with van der Waals surface area (Å²) in [5.41, 5.74) is 1.79. The highest BCUT2D eigenvalue weighted by Gasteiger charge is 2.27. The number of likely N-dealkylation sites (tertiary alicyclic amines) is 1. The number of hydrogen-bond donors (Lipinski definition) is 1. The van der Waals surface area contributed by atoms with Crippen molar-refractivity contribution < 1.29 is 5.11 Å². The molecule has 0 amide bonds. The Labute approximate surface area is 103 Å². The molecule has 1 aromatic rings. The zero-order valence-electron chi connectivity index (χ0n) is 11.0. The molecule has 17 heavy (non-hydrogen) atoms. The minimum atomic E-state index is 0.324. The highest BCUT2D eigenvalue weighted by Crippen LogP contribution is 2.27. The number of nitrogens with zero attached hydrogens (tertiary/aromatic N) is 2. The van der Waals surface area contributed by atoms with Gasteiger partial charge in [0.05, 0.1) is 5.69 Å². The fourth-order valence-electron chi connectivity index (χ4n) is 2.72. The molecule has 94 valence electrons. The average Bonchev–Trinajstić information content (AvgIpc) is 2.71. The van der Waals surface area contributed by atoms with Gasteiger partial charge in [0.2, 0.25) is 0 Å². The lowest BCUT2D eigenvalue weighted by atomic mass is 10.0. The molecule has 1 aliphatic heterocycles. The Morgan fingerprint density at radius 3 is 2.94 bits per heavy atom. The molecule has 0 spiro atoms. The van der Waals surface area contributed by atoms with Crippen molar-refractivity contribution in [1.82, 2.24) is 9.88 Å². The summed E-state index contributed by atoms with van der Waals surface area (Å²) in [6.45, 7) is 8.40. The summed E-state index contributed by atoms with van der Waals surface area (Å²) in [6, 6.07) is 4.23. The molecule has 3 heteroatoms. The van der Waals surface area contributed by atoms with E-state index in [0.717, 1.165) is 24.5 Å². The molecule has 0 radical (unpaired) electrons. The Bertz CT molecular complexity index is 390. The summed E-state index contributed by atoms with van der Waals surface area (Å²) in [7, 11) is 0. The van der Waals surface area contributed by atoms with Gasteiger partial charge in [-0.2, -0.15) is 0 Å². The maximum Gasteiger partial charge on any atom is 0.138 e. The first kappa shape index (κ1) is 12.4. The predicted molar refractivity (Wildman–Crippen MR) is 68.9 cm³/mol. The molecule has 0 aliphatic carbocycles. The smallest absolute Gasteiger partial charge is 0.138 e. The van der Waals surface area contributed by atoms with Crippen LogP contribution in [0.25, 0.3) is 0 Å². The molecule has 2 rings (SSSR count). The fourth-order valence-corrected chi connectivity index (χ4v) is 2.72. The molecular weight excluding hydrogens is 212 g/mol.